The van der Waals surface area contributed by atoms with Gasteiger partial charge in [0.05, 0.1) is 5.92 Å². The summed E-state index contributed by atoms with van der Waals surface area (Å²) < 4.78 is 30.5. The first-order chi connectivity index (χ1) is 6.41. The molecule has 2 nitrogen and oxygen atoms in total. The van der Waals surface area contributed by atoms with Crippen LogP contribution in [0, 0.1) is 5.92 Å². The van der Waals surface area contributed by atoms with E-state index < -0.39 is 5.92 Å². The zero-order valence-electron chi connectivity index (χ0n) is 8.56. The van der Waals surface area contributed by atoms with Crippen LogP contribution in [0.2, 0.25) is 0 Å². The van der Waals surface area contributed by atoms with Crippen molar-refractivity contribution in [3.05, 3.63) is 0 Å². The third-order valence-corrected chi connectivity index (χ3v) is 2.42. The summed E-state index contributed by atoms with van der Waals surface area (Å²) in [6.07, 6.45) is -0.0623. The van der Waals surface area contributed by atoms with Gasteiger partial charge in [-0.25, -0.2) is 8.78 Å². The Morgan fingerprint density at radius 3 is 2.29 bits per heavy atom. The summed E-state index contributed by atoms with van der Waals surface area (Å²) in [4.78, 5) is 11.2. The lowest BCUT2D eigenvalue weighted by atomic mass is 9.94. The lowest BCUT2D eigenvalue weighted by Gasteiger charge is -2.28. The highest BCUT2D eigenvalue weighted by molar-refractivity contribution is 5.71. The maximum Gasteiger partial charge on any atom is 0.308 e. The maximum atomic E-state index is 12.7. The fourth-order valence-electron chi connectivity index (χ4n) is 1.43. The number of alkyl halides is 2. The van der Waals surface area contributed by atoms with Gasteiger partial charge in [-0.2, -0.15) is 0 Å². The second-order valence-electron chi connectivity index (χ2n) is 4.15. The van der Waals surface area contributed by atoms with Crippen LogP contribution in [0.15, 0.2) is 0 Å². The largest absolute Gasteiger partial charge is 0.462 e. The first-order valence-electron chi connectivity index (χ1n) is 4.99. The van der Waals surface area contributed by atoms with E-state index in [1.807, 2.05) is 0 Å². The summed E-state index contributed by atoms with van der Waals surface area (Å²) >= 11 is 0. The molecule has 0 spiro atoms. The summed E-state index contributed by atoms with van der Waals surface area (Å²) in [6.45, 7) is 3.47. The number of esters is 1. The quantitative estimate of drug-likeness (QED) is 0.649. The van der Waals surface area contributed by atoms with Crippen molar-refractivity contribution in [1.82, 2.24) is 0 Å². The van der Waals surface area contributed by atoms with Crippen LogP contribution in [0.25, 0.3) is 0 Å². The van der Waals surface area contributed by atoms with Crippen LogP contribution in [-0.4, -0.2) is 18.0 Å². The van der Waals surface area contributed by atoms with Gasteiger partial charge >= 0.3 is 5.97 Å². The molecule has 0 amide bonds. The van der Waals surface area contributed by atoms with Crippen molar-refractivity contribution in [2.75, 3.05) is 0 Å². The molecule has 0 bridgehead atoms. The third kappa shape index (κ3) is 3.24. The van der Waals surface area contributed by atoms with Crippen molar-refractivity contribution in [1.29, 1.82) is 0 Å². The first kappa shape index (κ1) is 11.4. The van der Waals surface area contributed by atoms with Crippen molar-refractivity contribution in [3.8, 4) is 0 Å². The first-order valence-corrected chi connectivity index (χ1v) is 4.99. The van der Waals surface area contributed by atoms with E-state index in [4.69, 9.17) is 4.74 Å². The molecular formula is C10H16F2O2. The Bertz CT molecular complexity index is 204. The summed E-state index contributed by atoms with van der Waals surface area (Å²) in [5.41, 5.74) is 0. The Morgan fingerprint density at radius 2 is 1.86 bits per heavy atom. The predicted octanol–water partition coefficient (Wildman–Crippen LogP) is 2.76. The highest BCUT2D eigenvalue weighted by Gasteiger charge is 2.36. The van der Waals surface area contributed by atoms with E-state index in [1.165, 1.54) is 0 Å². The van der Waals surface area contributed by atoms with Crippen LogP contribution < -0.4 is 0 Å². The molecule has 0 N–H and O–H groups in total. The van der Waals surface area contributed by atoms with Crippen molar-refractivity contribution in [2.24, 2.45) is 5.92 Å². The topological polar surface area (TPSA) is 26.3 Å². The molecule has 1 rings (SSSR count). The predicted molar refractivity (Wildman–Crippen MR) is 48.1 cm³/mol. The molecule has 0 aliphatic heterocycles. The van der Waals surface area contributed by atoms with Crippen molar-refractivity contribution >= 4 is 5.97 Å². The molecule has 82 valence electrons. The molecule has 0 aromatic rings. The molecule has 1 saturated carbocycles. The van der Waals surface area contributed by atoms with Gasteiger partial charge in [0.1, 0.15) is 6.10 Å². The minimum atomic E-state index is -2.55. The van der Waals surface area contributed by atoms with Crippen LogP contribution in [0.5, 0.6) is 0 Å². The molecule has 1 fully saturated rings. The number of ether oxygens (including phenoxy) is 1. The van der Waals surface area contributed by atoms with E-state index >= 15 is 0 Å². The smallest absolute Gasteiger partial charge is 0.308 e. The highest BCUT2D eigenvalue weighted by Crippen LogP contribution is 2.34. The highest BCUT2D eigenvalue weighted by atomic mass is 19.3. The van der Waals surface area contributed by atoms with Gasteiger partial charge < -0.3 is 4.74 Å². The zero-order valence-corrected chi connectivity index (χ0v) is 8.56. The van der Waals surface area contributed by atoms with Gasteiger partial charge in [0.2, 0.25) is 5.92 Å². The second kappa shape index (κ2) is 4.24. The van der Waals surface area contributed by atoms with E-state index in [0.717, 1.165) is 0 Å². The monoisotopic (exact) mass is 206 g/mol. The fraction of sp³-hybridized carbons (Fsp3) is 0.900. The van der Waals surface area contributed by atoms with Crippen LogP contribution in [-0.2, 0) is 9.53 Å². The van der Waals surface area contributed by atoms with Crippen LogP contribution in [0.1, 0.15) is 39.5 Å². The van der Waals surface area contributed by atoms with Crippen LogP contribution >= 0.6 is 0 Å². The number of hydrogen-bond acceptors (Lipinski definition) is 2. The standard InChI is InChI=1S/C10H16F2O2/c1-7(2)9(13)14-8-3-5-10(11,12)6-4-8/h7-8H,3-6H2,1-2H3. The number of rotatable bonds is 2. The minimum Gasteiger partial charge on any atom is -0.462 e. The van der Waals surface area contributed by atoms with E-state index in [1.54, 1.807) is 13.8 Å². The van der Waals surface area contributed by atoms with Crippen LogP contribution in [0.3, 0.4) is 0 Å². The van der Waals surface area contributed by atoms with Gasteiger partial charge in [0.15, 0.2) is 0 Å². The van der Waals surface area contributed by atoms with Gasteiger partial charge in [-0.1, -0.05) is 13.8 Å². The molecule has 1 aliphatic carbocycles. The number of halogens is 2. The molecular weight excluding hydrogens is 190 g/mol. The number of hydrogen-bond donors (Lipinski definition) is 0. The maximum absolute atomic E-state index is 12.7. The molecule has 0 radical (unpaired) electrons. The van der Waals surface area contributed by atoms with Crippen molar-refractivity contribution in [3.63, 3.8) is 0 Å². The Hall–Kier alpha value is -0.670. The molecule has 14 heavy (non-hydrogen) atoms. The lowest BCUT2D eigenvalue weighted by Crippen LogP contribution is -2.31. The molecule has 1 aliphatic rings. The lowest BCUT2D eigenvalue weighted by molar-refractivity contribution is -0.158. The Balaban J connectivity index is 2.33. The molecule has 0 aromatic carbocycles. The Labute approximate surface area is 82.6 Å². The van der Waals surface area contributed by atoms with Gasteiger partial charge in [-0.05, 0) is 12.8 Å². The molecule has 0 unspecified atom stereocenters. The zero-order chi connectivity index (χ0) is 10.8. The molecule has 4 heteroatoms. The van der Waals surface area contributed by atoms with Crippen LogP contribution in [0.4, 0.5) is 8.78 Å². The van der Waals surface area contributed by atoms with E-state index in [9.17, 15) is 13.6 Å². The van der Waals surface area contributed by atoms with Gasteiger partial charge in [0.25, 0.3) is 0 Å². The second-order valence-corrected chi connectivity index (χ2v) is 4.15. The summed E-state index contributed by atoms with van der Waals surface area (Å²) in [6, 6.07) is 0. The Kier molecular flexibility index (Phi) is 3.45. The normalized spacial score (nSPS) is 22.4. The molecule has 0 heterocycles. The van der Waals surface area contributed by atoms with E-state index in [-0.39, 0.29) is 43.7 Å². The average Bonchev–Trinajstić information content (AvgIpc) is 2.08. The number of carbonyl (C=O) groups excluding carboxylic acids is 1. The Morgan fingerprint density at radius 1 is 1.36 bits per heavy atom. The van der Waals surface area contributed by atoms with Gasteiger partial charge in [0, 0.05) is 12.8 Å². The third-order valence-electron chi connectivity index (χ3n) is 2.42. The van der Waals surface area contributed by atoms with Gasteiger partial charge in [-0.3, -0.25) is 4.79 Å². The van der Waals surface area contributed by atoms with Crippen molar-refractivity contribution < 1.29 is 18.3 Å². The SMILES string of the molecule is CC(C)C(=O)OC1CCC(F)(F)CC1. The number of carbonyl (C=O) groups is 1. The van der Waals surface area contributed by atoms with E-state index in [2.05, 4.69) is 0 Å². The minimum absolute atomic E-state index is 0.164. The van der Waals surface area contributed by atoms with Crippen molar-refractivity contribution in [2.45, 2.75) is 51.6 Å². The summed E-state index contributed by atoms with van der Waals surface area (Å²) in [7, 11) is 0. The molecule has 0 atom stereocenters. The molecule has 0 saturated heterocycles. The average molecular weight is 206 g/mol. The summed E-state index contributed by atoms with van der Waals surface area (Å²) in [5.74, 6) is -3.03. The molecule has 0 aromatic heterocycles. The summed E-state index contributed by atoms with van der Waals surface area (Å²) in [5, 5.41) is 0. The van der Waals surface area contributed by atoms with Gasteiger partial charge in [-0.15, -0.1) is 0 Å². The van der Waals surface area contributed by atoms with E-state index in [0.29, 0.717) is 0 Å². The fourth-order valence-corrected chi connectivity index (χ4v) is 1.43.